The van der Waals surface area contributed by atoms with E-state index in [1.807, 2.05) is 0 Å². The molecular weight excluding hydrogens is 194 g/mol. The first-order valence-electron chi connectivity index (χ1n) is 4.52. The highest BCUT2D eigenvalue weighted by Gasteiger charge is 1.99. The molecule has 0 radical (unpaired) electrons. The lowest BCUT2D eigenvalue weighted by molar-refractivity contribution is -0.116. The van der Waals surface area contributed by atoms with Crippen LogP contribution in [0, 0.1) is 0 Å². The minimum absolute atomic E-state index is 0.184. The number of hydrogen-bond donors (Lipinski definition) is 1. The van der Waals surface area contributed by atoms with Gasteiger partial charge in [0, 0.05) is 24.9 Å². The van der Waals surface area contributed by atoms with Gasteiger partial charge in [-0.2, -0.15) is 0 Å². The van der Waals surface area contributed by atoms with Crippen LogP contribution in [0.4, 0.5) is 0 Å². The number of ether oxygens (including phenoxy) is 1. The number of rotatable bonds is 5. The monoisotopic (exact) mass is 207 g/mol. The van der Waals surface area contributed by atoms with Crippen molar-refractivity contribution >= 4 is 5.91 Å². The van der Waals surface area contributed by atoms with Gasteiger partial charge in [0.25, 0.3) is 0 Å². The molecule has 5 nitrogen and oxygen atoms in total. The maximum absolute atomic E-state index is 10.8. The molecule has 0 aliphatic carbocycles. The van der Waals surface area contributed by atoms with Crippen LogP contribution in [-0.4, -0.2) is 29.5 Å². The average molecular weight is 207 g/mol. The van der Waals surface area contributed by atoms with Crippen LogP contribution in [0.3, 0.4) is 0 Å². The molecule has 1 aromatic rings. The Balaban J connectivity index is 2.43. The second-order valence-corrected chi connectivity index (χ2v) is 2.78. The molecule has 1 heterocycles. The molecule has 0 bridgehead atoms. The largest absolute Gasteiger partial charge is 0.467 e. The predicted octanol–water partition coefficient (Wildman–Crippen LogP) is 0.330. The van der Waals surface area contributed by atoms with Gasteiger partial charge in [0.1, 0.15) is 0 Å². The Morgan fingerprint density at radius 2 is 2.53 bits per heavy atom. The SMILES string of the molecule is C=CC(=O)NCCc1ccnc(OC)n1. The van der Waals surface area contributed by atoms with Crippen LogP contribution in [0.1, 0.15) is 5.69 Å². The van der Waals surface area contributed by atoms with Crippen molar-refractivity contribution in [2.24, 2.45) is 0 Å². The summed E-state index contributed by atoms with van der Waals surface area (Å²) in [7, 11) is 1.51. The van der Waals surface area contributed by atoms with Crippen molar-refractivity contribution in [3.63, 3.8) is 0 Å². The van der Waals surface area contributed by atoms with Crippen LogP contribution in [0.2, 0.25) is 0 Å². The van der Waals surface area contributed by atoms with Gasteiger partial charge in [-0.25, -0.2) is 9.97 Å². The fourth-order valence-corrected chi connectivity index (χ4v) is 1.000. The molecule has 0 aliphatic heterocycles. The first kappa shape index (κ1) is 11.2. The maximum atomic E-state index is 10.8. The van der Waals surface area contributed by atoms with Crippen LogP contribution < -0.4 is 10.1 Å². The van der Waals surface area contributed by atoms with Crippen LogP contribution in [0.5, 0.6) is 6.01 Å². The summed E-state index contributed by atoms with van der Waals surface area (Å²) < 4.78 is 4.88. The van der Waals surface area contributed by atoms with Gasteiger partial charge in [0.2, 0.25) is 5.91 Å². The number of nitrogens with one attached hydrogen (secondary N) is 1. The fourth-order valence-electron chi connectivity index (χ4n) is 1.000. The van der Waals surface area contributed by atoms with E-state index in [0.717, 1.165) is 5.69 Å². The maximum Gasteiger partial charge on any atom is 0.316 e. The predicted molar refractivity (Wildman–Crippen MR) is 55.5 cm³/mol. The van der Waals surface area contributed by atoms with E-state index in [9.17, 15) is 4.79 Å². The van der Waals surface area contributed by atoms with Crippen LogP contribution >= 0.6 is 0 Å². The lowest BCUT2D eigenvalue weighted by Gasteiger charge is -2.03. The normalized spacial score (nSPS) is 9.40. The first-order chi connectivity index (χ1) is 7.26. The molecule has 0 atom stereocenters. The van der Waals surface area contributed by atoms with E-state index in [1.54, 1.807) is 12.3 Å². The van der Waals surface area contributed by atoms with Gasteiger partial charge in [-0.05, 0) is 12.1 Å². The minimum Gasteiger partial charge on any atom is -0.467 e. The summed E-state index contributed by atoms with van der Waals surface area (Å²) in [6.07, 6.45) is 3.50. The lowest BCUT2D eigenvalue weighted by atomic mass is 10.3. The smallest absolute Gasteiger partial charge is 0.316 e. The summed E-state index contributed by atoms with van der Waals surface area (Å²) in [5.41, 5.74) is 0.825. The summed E-state index contributed by atoms with van der Waals surface area (Å²) in [5.74, 6) is -0.184. The molecular formula is C10H13N3O2. The van der Waals surface area contributed by atoms with Gasteiger partial charge in [-0.3, -0.25) is 4.79 Å². The van der Waals surface area contributed by atoms with E-state index in [4.69, 9.17) is 4.74 Å². The van der Waals surface area contributed by atoms with Gasteiger partial charge in [-0.15, -0.1) is 0 Å². The van der Waals surface area contributed by atoms with Crippen molar-refractivity contribution in [1.82, 2.24) is 15.3 Å². The van der Waals surface area contributed by atoms with E-state index in [2.05, 4.69) is 21.9 Å². The van der Waals surface area contributed by atoms with Crippen LogP contribution in [0.25, 0.3) is 0 Å². The summed E-state index contributed by atoms with van der Waals surface area (Å²) in [5, 5.41) is 2.66. The fraction of sp³-hybridized carbons (Fsp3) is 0.300. The van der Waals surface area contributed by atoms with E-state index in [-0.39, 0.29) is 5.91 Å². The second kappa shape index (κ2) is 5.74. The Bertz CT molecular complexity index is 352. The van der Waals surface area contributed by atoms with Crippen molar-refractivity contribution in [1.29, 1.82) is 0 Å². The quantitative estimate of drug-likeness (QED) is 0.707. The number of hydrogen-bond acceptors (Lipinski definition) is 4. The van der Waals surface area contributed by atoms with E-state index >= 15 is 0 Å². The molecule has 5 heteroatoms. The van der Waals surface area contributed by atoms with E-state index < -0.39 is 0 Å². The van der Waals surface area contributed by atoms with Crippen molar-refractivity contribution in [2.75, 3.05) is 13.7 Å². The van der Waals surface area contributed by atoms with Gasteiger partial charge in [0.15, 0.2) is 0 Å². The molecule has 0 saturated carbocycles. The molecule has 1 amide bonds. The van der Waals surface area contributed by atoms with Crippen molar-refractivity contribution in [2.45, 2.75) is 6.42 Å². The number of carbonyl (C=O) groups excluding carboxylic acids is 1. The van der Waals surface area contributed by atoms with Gasteiger partial charge in [-0.1, -0.05) is 6.58 Å². The number of methoxy groups -OCH3 is 1. The van der Waals surface area contributed by atoms with Crippen molar-refractivity contribution in [3.8, 4) is 6.01 Å². The second-order valence-electron chi connectivity index (χ2n) is 2.78. The van der Waals surface area contributed by atoms with Gasteiger partial charge >= 0.3 is 6.01 Å². The van der Waals surface area contributed by atoms with E-state index in [0.29, 0.717) is 19.0 Å². The topological polar surface area (TPSA) is 64.1 Å². The molecule has 1 rings (SSSR count). The average Bonchev–Trinajstić information content (AvgIpc) is 2.29. The Kier molecular flexibility index (Phi) is 4.28. The molecule has 0 saturated heterocycles. The molecule has 0 aromatic carbocycles. The zero-order valence-corrected chi connectivity index (χ0v) is 8.56. The van der Waals surface area contributed by atoms with Gasteiger partial charge in [0.05, 0.1) is 7.11 Å². The van der Waals surface area contributed by atoms with Crippen molar-refractivity contribution in [3.05, 3.63) is 30.6 Å². The Morgan fingerprint density at radius 3 is 3.20 bits per heavy atom. The molecule has 0 spiro atoms. The van der Waals surface area contributed by atoms with Crippen LogP contribution in [-0.2, 0) is 11.2 Å². The standard InChI is InChI=1S/C10H13N3O2/c1-3-9(14)11-6-4-8-5-7-12-10(13-8)15-2/h3,5,7H,1,4,6H2,2H3,(H,11,14). The number of carbonyl (C=O) groups is 1. The number of nitrogens with zero attached hydrogens (tertiary/aromatic N) is 2. The molecule has 1 N–H and O–H groups in total. The first-order valence-corrected chi connectivity index (χ1v) is 4.52. The highest BCUT2D eigenvalue weighted by Crippen LogP contribution is 2.01. The van der Waals surface area contributed by atoms with E-state index in [1.165, 1.54) is 13.2 Å². The molecule has 0 fully saturated rings. The molecule has 80 valence electrons. The zero-order chi connectivity index (χ0) is 11.1. The third-order valence-corrected chi connectivity index (χ3v) is 1.74. The summed E-state index contributed by atoms with van der Waals surface area (Å²) in [6, 6.07) is 2.12. The summed E-state index contributed by atoms with van der Waals surface area (Å²) >= 11 is 0. The minimum atomic E-state index is -0.184. The third-order valence-electron chi connectivity index (χ3n) is 1.74. The number of aromatic nitrogens is 2. The Hall–Kier alpha value is -1.91. The zero-order valence-electron chi connectivity index (χ0n) is 8.56. The van der Waals surface area contributed by atoms with Gasteiger partial charge < -0.3 is 10.1 Å². The molecule has 1 aromatic heterocycles. The van der Waals surface area contributed by atoms with Crippen molar-refractivity contribution < 1.29 is 9.53 Å². The molecule has 0 aliphatic rings. The molecule has 15 heavy (non-hydrogen) atoms. The summed E-state index contributed by atoms with van der Waals surface area (Å²) in [6.45, 7) is 3.87. The Morgan fingerprint density at radius 1 is 1.73 bits per heavy atom. The molecule has 0 unspecified atom stereocenters. The highest BCUT2D eigenvalue weighted by atomic mass is 16.5. The Labute approximate surface area is 88.2 Å². The summed E-state index contributed by atoms with van der Waals surface area (Å²) in [4.78, 5) is 18.8. The van der Waals surface area contributed by atoms with Crippen LogP contribution in [0.15, 0.2) is 24.9 Å². The highest BCUT2D eigenvalue weighted by molar-refractivity contribution is 5.86. The lowest BCUT2D eigenvalue weighted by Crippen LogP contribution is -2.23. The number of amides is 1. The third kappa shape index (κ3) is 3.76.